The van der Waals surface area contributed by atoms with Gasteiger partial charge in [-0.2, -0.15) is 0 Å². The van der Waals surface area contributed by atoms with Gasteiger partial charge in [-0.1, -0.05) is 48.0 Å². The summed E-state index contributed by atoms with van der Waals surface area (Å²) in [5.41, 5.74) is 3.33. The first-order valence-corrected chi connectivity index (χ1v) is 8.10. The van der Waals surface area contributed by atoms with Crippen molar-refractivity contribution in [3.05, 3.63) is 64.7 Å². The molecule has 0 aliphatic carbocycles. The SMILES string of the molecule is CSc1ccc(C2=C(c3ccccc3)C(=O)OC2)cc1Cl. The lowest BCUT2D eigenvalue weighted by Gasteiger charge is -2.07. The topological polar surface area (TPSA) is 26.3 Å². The van der Waals surface area contributed by atoms with Crippen LogP contribution in [0.25, 0.3) is 11.1 Å². The molecule has 0 spiro atoms. The van der Waals surface area contributed by atoms with Crippen LogP contribution in [0.1, 0.15) is 11.1 Å². The van der Waals surface area contributed by atoms with E-state index in [1.807, 2.05) is 54.8 Å². The van der Waals surface area contributed by atoms with Gasteiger partial charge in [-0.15, -0.1) is 11.8 Å². The monoisotopic (exact) mass is 316 g/mol. The van der Waals surface area contributed by atoms with Crippen molar-refractivity contribution < 1.29 is 9.53 Å². The maximum Gasteiger partial charge on any atom is 0.339 e. The number of thioether (sulfide) groups is 1. The summed E-state index contributed by atoms with van der Waals surface area (Å²) in [5, 5.41) is 0.694. The second-order valence-corrected chi connectivity index (χ2v) is 5.90. The van der Waals surface area contributed by atoms with Crippen molar-refractivity contribution in [3.63, 3.8) is 0 Å². The summed E-state index contributed by atoms with van der Waals surface area (Å²) >= 11 is 7.87. The van der Waals surface area contributed by atoms with E-state index in [1.54, 1.807) is 11.8 Å². The van der Waals surface area contributed by atoms with Crippen molar-refractivity contribution in [1.29, 1.82) is 0 Å². The molecule has 0 fully saturated rings. The molecule has 2 nitrogen and oxygen atoms in total. The Labute approximate surface area is 132 Å². The molecule has 0 radical (unpaired) electrons. The largest absolute Gasteiger partial charge is 0.457 e. The molecule has 106 valence electrons. The van der Waals surface area contributed by atoms with Crippen LogP contribution in [0.15, 0.2) is 53.4 Å². The first-order chi connectivity index (χ1) is 10.2. The van der Waals surface area contributed by atoms with E-state index in [-0.39, 0.29) is 12.6 Å². The Kier molecular flexibility index (Phi) is 4.04. The molecule has 0 atom stereocenters. The Morgan fingerprint density at radius 3 is 2.52 bits per heavy atom. The van der Waals surface area contributed by atoms with E-state index >= 15 is 0 Å². The molecule has 4 heteroatoms. The third kappa shape index (κ3) is 2.71. The number of carbonyl (C=O) groups is 1. The fourth-order valence-corrected chi connectivity index (χ4v) is 3.25. The Hall–Kier alpha value is -1.71. The molecule has 21 heavy (non-hydrogen) atoms. The average molecular weight is 317 g/mol. The van der Waals surface area contributed by atoms with Crippen molar-refractivity contribution in [2.24, 2.45) is 0 Å². The zero-order valence-electron chi connectivity index (χ0n) is 11.4. The predicted molar refractivity (Wildman–Crippen MR) is 87.4 cm³/mol. The van der Waals surface area contributed by atoms with Gasteiger partial charge in [0, 0.05) is 10.5 Å². The molecule has 1 aliphatic rings. The Bertz CT molecular complexity index is 723. The minimum absolute atomic E-state index is 0.277. The number of cyclic esters (lactones) is 1. The average Bonchev–Trinajstić information content (AvgIpc) is 2.90. The summed E-state index contributed by atoms with van der Waals surface area (Å²) < 4.78 is 5.22. The molecule has 0 amide bonds. The van der Waals surface area contributed by atoms with E-state index < -0.39 is 0 Å². The van der Waals surface area contributed by atoms with Crippen LogP contribution in [0, 0.1) is 0 Å². The Morgan fingerprint density at radius 1 is 1.10 bits per heavy atom. The highest BCUT2D eigenvalue weighted by molar-refractivity contribution is 7.98. The van der Waals surface area contributed by atoms with Crippen LogP contribution in [0.5, 0.6) is 0 Å². The predicted octanol–water partition coefficient (Wildman–Crippen LogP) is 4.53. The van der Waals surface area contributed by atoms with E-state index in [2.05, 4.69) is 0 Å². The normalized spacial score (nSPS) is 14.5. The van der Waals surface area contributed by atoms with Gasteiger partial charge in [0.1, 0.15) is 6.61 Å². The van der Waals surface area contributed by atoms with Gasteiger partial charge in [-0.25, -0.2) is 4.79 Å². The second-order valence-electron chi connectivity index (χ2n) is 4.65. The van der Waals surface area contributed by atoms with Gasteiger partial charge >= 0.3 is 5.97 Å². The van der Waals surface area contributed by atoms with Crippen LogP contribution in [-0.2, 0) is 9.53 Å². The molecule has 3 rings (SSSR count). The second kappa shape index (κ2) is 5.96. The maximum absolute atomic E-state index is 12.0. The number of hydrogen-bond donors (Lipinski definition) is 0. The number of rotatable bonds is 3. The van der Waals surface area contributed by atoms with Gasteiger partial charge in [0.05, 0.1) is 10.6 Å². The van der Waals surface area contributed by atoms with Gasteiger partial charge in [0.15, 0.2) is 0 Å². The standard InChI is InChI=1S/C17H13ClO2S/c1-21-15-8-7-12(9-14(15)18)13-10-20-17(19)16(13)11-5-3-2-4-6-11/h2-9H,10H2,1H3. The molecule has 0 aromatic heterocycles. The third-order valence-corrected chi connectivity index (χ3v) is 4.64. The van der Waals surface area contributed by atoms with Crippen LogP contribution in [0.4, 0.5) is 0 Å². The van der Waals surface area contributed by atoms with Crippen molar-refractivity contribution in [3.8, 4) is 0 Å². The maximum atomic E-state index is 12.0. The first kappa shape index (κ1) is 14.2. The minimum Gasteiger partial charge on any atom is -0.457 e. The Balaban J connectivity index is 2.12. The highest BCUT2D eigenvalue weighted by atomic mass is 35.5. The molecule has 0 saturated heterocycles. The zero-order chi connectivity index (χ0) is 14.8. The summed E-state index contributed by atoms with van der Waals surface area (Å²) in [6, 6.07) is 15.4. The van der Waals surface area contributed by atoms with Crippen molar-refractivity contribution in [1.82, 2.24) is 0 Å². The van der Waals surface area contributed by atoms with E-state index in [9.17, 15) is 4.79 Å². The number of carbonyl (C=O) groups excluding carboxylic acids is 1. The van der Waals surface area contributed by atoms with Crippen LogP contribution in [-0.4, -0.2) is 18.8 Å². The lowest BCUT2D eigenvalue weighted by atomic mass is 9.97. The van der Waals surface area contributed by atoms with Gasteiger partial charge in [-0.05, 0) is 29.5 Å². The van der Waals surface area contributed by atoms with Gasteiger partial charge in [0.25, 0.3) is 0 Å². The van der Waals surface area contributed by atoms with Gasteiger partial charge in [-0.3, -0.25) is 0 Å². The summed E-state index contributed by atoms with van der Waals surface area (Å²) in [5.74, 6) is -0.277. The molecule has 0 N–H and O–H groups in total. The summed E-state index contributed by atoms with van der Waals surface area (Å²) in [6.07, 6.45) is 1.98. The van der Waals surface area contributed by atoms with Crippen LogP contribution < -0.4 is 0 Å². The number of ether oxygens (including phenoxy) is 1. The fraction of sp³-hybridized carbons (Fsp3) is 0.118. The van der Waals surface area contributed by atoms with Crippen molar-refractivity contribution in [2.75, 3.05) is 12.9 Å². The molecule has 0 saturated carbocycles. The number of benzene rings is 2. The lowest BCUT2D eigenvalue weighted by molar-refractivity contribution is -0.133. The zero-order valence-corrected chi connectivity index (χ0v) is 13.0. The molecular weight excluding hydrogens is 304 g/mol. The van der Waals surface area contributed by atoms with Crippen LogP contribution in [0.3, 0.4) is 0 Å². The summed E-state index contributed by atoms with van der Waals surface area (Å²) in [4.78, 5) is 13.1. The molecule has 0 bridgehead atoms. The summed E-state index contributed by atoms with van der Waals surface area (Å²) in [7, 11) is 0. The Morgan fingerprint density at radius 2 is 1.86 bits per heavy atom. The van der Waals surface area contributed by atoms with Crippen molar-refractivity contribution >= 4 is 40.5 Å². The van der Waals surface area contributed by atoms with Crippen molar-refractivity contribution in [2.45, 2.75) is 4.90 Å². The molecule has 1 aliphatic heterocycles. The highest BCUT2D eigenvalue weighted by Gasteiger charge is 2.27. The fourth-order valence-electron chi connectivity index (χ4n) is 2.38. The quantitative estimate of drug-likeness (QED) is 0.614. The number of hydrogen-bond acceptors (Lipinski definition) is 3. The lowest BCUT2D eigenvalue weighted by Crippen LogP contribution is -1.98. The molecule has 2 aromatic carbocycles. The van der Waals surface area contributed by atoms with Gasteiger partial charge < -0.3 is 4.74 Å². The van der Waals surface area contributed by atoms with E-state index in [0.29, 0.717) is 10.6 Å². The van der Waals surface area contributed by atoms with E-state index in [0.717, 1.165) is 21.6 Å². The molecule has 0 unspecified atom stereocenters. The number of halogens is 1. The van der Waals surface area contributed by atoms with Gasteiger partial charge in [0.2, 0.25) is 0 Å². The molecular formula is C17H13ClO2S. The smallest absolute Gasteiger partial charge is 0.339 e. The summed E-state index contributed by atoms with van der Waals surface area (Å²) in [6.45, 7) is 0.290. The number of esters is 1. The van der Waals surface area contributed by atoms with E-state index in [1.165, 1.54) is 0 Å². The van der Waals surface area contributed by atoms with E-state index in [4.69, 9.17) is 16.3 Å². The molecule has 2 aromatic rings. The third-order valence-electron chi connectivity index (χ3n) is 3.42. The van der Waals surface area contributed by atoms with Crippen LogP contribution in [0.2, 0.25) is 5.02 Å². The van der Waals surface area contributed by atoms with Crippen LogP contribution >= 0.6 is 23.4 Å². The molecule has 1 heterocycles. The highest BCUT2D eigenvalue weighted by Crippen LogP contribution is 2.35. The first-order valence-electron chi connectivity index (χ1n) is 6.50. The minimum atomic E-state index is -0.277.